The van der Waals surface area contributed by atoms with Gasteiger partial charge in [0, 0.05) is 18.4 Å². The maximum Gasteiger partial charge on any atom is 0.240 e. The van der Waals surface area contributed by atoms with Crippen molar-refractivity contribution >= 4 is 5.91 Å². The first-order valence-corrected chi connectivity index (χ1v) is 8.66. The molecule has 1 saturated carbocycles. The molecule has 1 atom stereocenters. The number of aromatic nitrogens is 1. The Labute approximate surface area is 133 Å². The number of nitrogens with one attached hydrogen (secondary N) is 1. The van der Waals surface area contributed by atoms with E-state index >= 15 is 0 Å². The summed E-state index contributed by atoms with van der Waals surface area (Å²) < 4.78 is 0. The zero-order valence-corrected chi connectivity index (χ0v) is 13.6. The third-order valence-corrected chi connectivity index (χ3v) is 5.21. The molecule has 1 unspecified atom stereocenters. The Kier molecular flexibility index (Phi) is 4.77. The highest BCUT2D eigenvalue weighted by molar-refractivity contribution is 5.87. The average Bonchev–Trinajstić information content (AvgIpc) is 3.20. The number of carbonyl (C=O) groups is 1. The van der Waals surface area contributed by atoms with Crippen molar-refractivity contribution in [1.29, 1.82) is 0 Å². The van der Waals surface area contributed by atoms with E-state index in [4.69, 9.17) is 0 Å². The molecule has 3 rings (SSSR count). The average molecular weight is 301 g/mol. The summed E-state index contributed by atoms with van der Waals surface area (Å²) in [6.07, 6.45) is 11.4. The highest BCUT2D eigenvalue weighted by Crippen LogP contribution is 2.37. The Bertz CT molecular complexity index is 490. The maximum absolute atomic E-state index is 13.0. The van der Waals surface area contributed by atoms with Crippen LogP contribution >= 0.6 is 0 Å². The second kappa shape index (κ2) is 6.78. The number of pyridine rings is 1. The molecule has 1 aromatic rings. The van der Waals surface area contributed by atoms with Crippen LogP contribution in [0.3, 0.4) is 0 Å². The van der Waals surface area contributed by atoms with E-state index < -0.39 is 0 Å². The molecule has 0 spiro atoms. The van der Waals surface area contributed by atoms with E-state index in [0.717, 1.165) is 32.4 Å². The molecule has 1 aliphatic heterocycles. The first kappa shape index (κ1) is 15.5. The molecule has 4 heteroatoms. The van der Waals surface area contributed by atoms with Crippen molar-refractivity contribution in [3.8, 4) is 0 Å². The topological polar surface area (TPSA) is 45.2 Å². The molecular formula is C18H27N3O. The zero-order valence-electron chi connectivity index (χ0n) is 13.6. The van der Waals surface area contributed by atoms with Crippen LogP contribution in [-0.4, -0.2) is 40.5 Å². The van der Waals surface area contributed by atoms with Crippen LogP contribution in [0.4, 0.5) is 0 Å². The van der Waals surface area contributed by atoms with Gasteiger partial charge in [-0.1, -0.05) is 18.9 Å². The molecule has 2 aliphatic rings. The molecule has 0 radical (unpaired) electrons. The molecular weight excluding hydrogens is 274 g/mol. The zero-order chi connectivity index (χ0) is 15.4. The fourth-order valence-corrected chi connectivity index (χ4v) is 4.07. The van der Waals surface area contributed by atoms with E-state index in [-0.39, 0.29) is 17.5 Å². The third kappa shape index (κ3) is 3.17. The van der Waals surface area contributed by atoms with Crippen LogP contribution in [0, 0.1) is 0 Å². The van der Waals surface area contributed by atoms with E-state index in [1.807, 2.05) is 12.3 Å². The summed E-state index contributed by atoms with van der Waals surface area (Å²) in [6.45, 7) is 4.27. The van der Waals surface area contributed by atoms with Crippen LogP contribution in [0.1, 0.15) is 51.0 Å². The van der Waals surface area contributed by atoms with Crippen LogP contribution in [0.5, 0.6) is 0 Å². The fourth-order valence-electron chi connectivity index (χ4n) is 4.07. The molecule has 4 nitrogen and oxygen atoms in total. The van der Waals surface area contributed by atoms with Crippen molar-refractivity contribution in [1.82, 2.24) is 15.2 Å². The lowest BCUT2D eigenvalue weighted by atomic mass is 9.93. The highest BCUT2D eigenvalue weighted by Gasteiger charge is 2.46. The largest absolute Gasteiger partial charge is 0.352 e. The van der Waals surface area contributed by atoms with Crippen molar-refractivity contribution in [2.75, 3.05) is 13.1 Å². The summed E-state index contributed by atoms with van der Waals surface area (Å²) in [4.78, 5) is 19.6. The van der Waals surface area contributed by atoms with Crippen LogP contribution in [0.2, 0.25) is 0 Å². The fraction of sp³-hybridized carbons (Fsp3) is 0.667. The molecule has 2 heterocycles. The summed E-state index contributed by atoms with van der Waals surface area (Å²) in [6, 6.07) is 4.17. The minimum absolute atomic E-state index is 0.150. The van der Waals surface area contributed by atoms with Crippen molar-refractivity contribution in [2.24, 2.45) is 0 Å². The van der Waals surface area contributed by atoms with E-state index in [1.165, 1.54) is 31.2 Å². The third-order valence-electron chi connectivity index (χ3n) is 5.21. The highest BCUT2D eigenvalue weighted by atomic mass is 16.2. The summed E-state index contributed by atoms with van der Waals surface area (Å²) in [5.74, 6) is 0.253. The first-order chi connectivity index (χ1) is 10.7. The number of nitrogens with zero attached hydrogens (tertiary/aromatic N) is 2. The normalized spacial score (nSPS) is 22.6. The van der Waals surface area contributed by atoms with Crippen molar-refractivity contribution in [3.63, 3.8) is 0 Å². The maximum atomic E-state index is 13.0. The Morgan fingerprint density at radius 2 is 2.05 bits per heavy atom. The Hall–Kier alpha value is -1.42. The second-order valence-electron chi connectivity index (χ2n) is 6.87. The molecule has 120 valence electrons. The molecule has 22 heavy (non-hydrogen) atoms. The van der Waals surface area contributed by atoms with Gasteiger partial charge in [-0.25, -0.2) is 0 Å². The molecule has 1 amide bonds. The van der Waals surface area contributed by atoms with E-state index in [0.29, 0.717) is 0 Å². The summed E-state index contributed by atoms with van der Waals surface area (Å²) in [5, 5.41) is 3.28. The van der Waals surface area contributed by atoms with Crippen molar-refractivity contribution < 1.29 is 4.79 Å². The van der Waals surface area contributed by atoms with Gasteiger partial charge in [0.25, 0.3) is 0 Å². The Morgan fingerprint density at radius 3 is 2.68 bits per heavy atom. The van der Waals surface area contributed by atoms with Crippen LogP contribution in [0.15, 0.2) is 24.5 Å². The number of rotatable bonds is 5. The van der Waals surface area contributed by atoms with Gasteiger partial charge >= 0.3 is 0 Å². The van der Waals surface area contributed by atoms with Gasteiger partial charge in [0.2, 0.25) is 5.91 Å². The van der Waals surface area contributed by atoms with Gasteiger partial charge in [-0.15, -0.1) is 0 Å². The van der Waals surface area contributed by atoms with Gasteiger partial charge in [0.1, 0.15) is 5.54 Å². The summed E-state index contributed by atoms with van der Waals surface area (Å²) >= 11 is 0. The number of hydrogen-bond acceptors (Lipinski definition) is 3. The lowest BCUT2D eigenvalue weighted by Gasteiger charge is -2.38. The van der Waals surface area contributed by atoms with Gasteiger partial charge in [0.05, 0.1) is 0 Å². The molecule has 1 aromatic heterocycles. The smallest absolute Gasteiger partial charge is 0.240 e. The monoisotopic (exact) mass is 301 g/mol. The molecule has 1 N–H and O–H groups in total. The van der Waals surface area contributed by atoms with E-state index in [2.05, 4.69) is 28.2 Å². The van der Waals surface area contributed by atoms with E-state index in [9.17, 15) is 4.79 Å². The van der Waals surface area contributed by atoms with Gasteiger partial charge in [-0.3, -0.25) is 14.7 Å². The lowest BCUT2D eigenvalue weighted by molar-refractivity contribution is -0.133. The number of likely N-dealkylation sites (tertiary alicyclic amines) is 1. The van der Waals surface area contributed by atoms with Gasteiger partial charge in [-0.05, 0) is 63.7 Å². The van der Waals surface area contributed by atoms with Gasteiger partial charge in [-0.2, -0.15) is 0 Å². The van der Waals surface area contributed by atoms with Gasteiger partial charge < -0.3 is 5.32 Å². The second-order valence-corrected chi connectivity index (χ2v) is 6.87. The number of carbonyl (C=O) groups excluding carboxylic acids is 1. The standard InChI is InChI=1S/C18H27N3O/c1-15(13-16-7-6-10-19-14-16)20-17(22)18(8-2-3-9-18)21-11-4-5-12-21/h6-7,10,14-15H,2-5,8-9,11-13H2,1H3,(H,20,22). The first-order valence-electron chi connectivity index (χ1n) is 8.66. The number of amides is 1. The van der Waals surface area contributed by atoms with Gasteiger partial charge in [0.15, 0.2) is 0 Å². The molecule has 1 saturated heterocycles. The van der Waals surface area contributed by atoms with Crippen molar-refractivity contribution in [3.05, 3.63) is 30.1 Å². The molecule has 1 aliphatic carbocycles. The minimum Gasteiger partial charge on any atom is -0.352 e. The Morgan fingerprint density at radius 1 is 1.32 bits per heavy atom. The quantitative estimate of drug-likeness (QED) is 0.909. The minimum atomic E-state index is -0.223. The molecule has 2 fully saturated rings. The lowest BCUT2D eigenvalue weighted by Crippen LogP contribution is -2.58. The summed E-state index contributed by atoms with van der Waals surface area (Å²) in [7, 11) is 0. The predicted octanol–water partition coefficient (Wildman–Crippen LogP) is 2.54. The Balaban J connectivity index is 1.64. The molecule has 0 bridgehead atoms. The van der Waals surface area contributed by atoms with Crippen LogP contribution in [-0.2, 0) is 11.2 Å². The van der Waals surface area contributed by atoms with Crippen molar-refractivity contribution in [2.45, 2.75) is 63.5 Å². The van der Waals surface area contributed by atoms with E-state index in [1.54, 1.807) is 6.20 Å². The van der Waals surface area contributed by atoms with Crippen LogP contribution < -0.4 is 5.32 Å². The number of hydrogen-bond donors (Lipinski definition) is 1. The molecule has 0 aromatic carbocycles. The van der Waals surface area contributed by atoms with Crippen LogP contribution in [0.25, 0.3) is 0 Å². The summed E-state index contributed by atoms with van der Waals surface area (Å²) in [5.41, 5.74) is 0.955. The SMILES string of the molecule is CC(Cc1cccnc1)NC(=O)C1(N2CCCC2)CCCC1. The predicted molar refractivity (Wildman–Crippen MR) is 87.6 cm³/mol.